The van der Waals surface area contributed by atoms with E-state index in [0.717, 1.165) is 12.8 Å². The van der Waals surface area contributed by atoms with Gasteiger partial charge >= 0.3 is 6.09 Å². The number of hydrogen-bond acceptors (Lipinski definition) is 5. The third kappa shape index (κ3) is 5.33. The Balaban J connectivity index is 1.43. The first-order valence-corrected chi connectivity index (χ1v) is 12.6. The van der Waals surface area contributed by atoms with Crippen LogP contribution in [0.25, 0.3) is 22.2 Å². The Labute approximate surface area is 213 Å². The van der Waals surface area contributed by atoms with E-state index < -0.39 is 11.9 Å². The molecule has 5 rings (SSSR count). The van der Waals surface area contributed by atoms with E-state index in [2.05, 4.69) is 20.6 Å². The van der Waals surface area contributed by atoms with Gasteiger partial charge in [0.1, 0.15) is 11.3 Å². The number of ether oxygens (including phenoxy) is 2. The van der Waals surface area contributed by atoms with Crippen LogP contribution in [-0.2, 0) is 0 Å². The maximum Gasteiger partial charge on any atom is 0.404 e. The molecule has 0 unspecified atom stereocenters. The highest BCUT2D eigenvalue weighted by atomic mass is 19.1. The van der Waals surface area contributed by atoms with Gasteiger partial charge in [0.2, 0.25) is 0 Å². The molecule has 9 nitrogen and oxygen atoms in total. The lowest BCUT2D eigenvalue weighted by Crippen LogP contribution is -2.43. The number of halogens is 1. The van der Waals surface area contributed by atoms with E-state index in [1.165, 1.54) is 13.2 Å². The van der Waals surface area contributed by atoms with Crippen LogP contribution in [0.1, 0.15) is 54.6 Å². The van der Waals surface area contributed by atoms with Crippen molar-refractivity contribution in [1.29, 1.82) is 0 Å². The number of carbonyl (C=O) groups excluding carboxylic acids is 1. The fraction of sp³-hybridized carbons (Fsp3) is 0.444. The van der Waals surface area contributed by atoms with Crippen molar-refractivity contribution < 1.29 is 28.6 Å². The molecule has 2 aromatic heterocycles. The maximum absolute atomic E-state index is 14.8. The average Bonchev–Trinajstić information content (AvgIpc) is 3.63. The van der Waals surface area contributed by atoms with Gasteiger partial charge in [-0.05, 0) is 63.5 Å². The molecule has 0 aliphatic heterocycles. The van der Waals surface area contributed by atoms with Gasteiger partial charge in [-0.25, -0.2) is 9.18 Å². The van der Waals surface area contributed by atoms with Crippen molar-refractivity contribution in [2.45, 2.75) is 57.5 Å². The summed E-state index contributed by atoms with van der Waals surface area (Å²) in [5, 5.41) is 14.5. The number of benzene rings is 1. The molecule has 0 spiro atoms. The quantitative estimate of drug-likeness (QED) is 0.346. The minimum Gasteiger partial charge on any atom is -0.494 e. The van der Waals surface area contributed by atoms with Gasteiger partial charge < -0.3 is 30.2 Å². The fourth-order valence-electron chi connectivity index (χ4n) is 5.04. The van der Waals surface area contributed by atoms with E-state index in [4.69, 9.17) is 14.6 Å². The summed E-state index contributed by atoms with van der Waals surface area (Å²) in [6, 6.07) is 4.60. The molecule has 0 radical (unpaired) electrons. The Morgan fingerprint density at radius 3 is 2.43 bits per heavy atom. The van der Waals surface area contributed by atoms with Crippen LogP contribution in [0.15, 0.2) is 24.4 Å². The molecule has 2 aliphatic rings. The van der Waals surface area contributed by atoms with E-state index in [1.807, 2.05) is 6.92 Å². The molecule has 2 aliphatic carbocycles. The SMILES string of the molecule is COc1cc(OCC2CC2)c(-c2ccnc3c(C(=O)N[C@H]4CC[C@@H](NC(=O)O)CC4)c(C)[nH]c23)cc1F. The van der Waals surface area contributed by atoms with E-state index in [9.17, 15) is 14.0 Å². The van der Waals surface area contributed by atoms with Gasteiger partial charge in [0, 0.05) is 41.2 Å². The molecule has 196 valence electrons. The Morgan fingerprint density at radius 1 is 1.08 bits per heavy atom. The number of aromatic nitrogens is 2. The molecule has 2 saturated carbocycles. The number of carboxylic acid groups (broad SMARTS) is 1. The highest BCUT2D eigenvalue weighted by Crippen LogP contribution is 2.40. The molecule has 3 aromatic rings. The van der Waals surface area contributed by atoms with Gasteiger partial charge in [-0.15, -0.1) is 0 Å². The lowest BCUT2D eigenvalue weighted by atomic mass is 9.91. The second kappa shape index (κ2) is 10.3. The number of methoxy groups -OCH3 is 1. The molecule has 10 heteroatoms. The molecule has 2 heterocycles. The number of nitrogens with one attached hydrogen (secondary N) is 3. The molecule has 0 saturated heterocycles. The molecular formula is C27H31FN4O5. The monoisotopic (exact) mass is 510 g/mol. The number of aryl methyl sites for hydroxylation is 1. The standard InChI is InChI=1S/C27H31FN4O5/c1-14-23(26(33)31-16-5-7-17(8-6-16)32-27(34)35)25-24(30-14)18(9-10-29-25)19-11-20(28)22(36-2)12-21(19)37-13-15-3-4-15/h9-12,15-17,30,32H,3-8,13H2,1-2H3,(H,31,33)(H,34,35)/t16-,17+. The lowest BCUT2D eigenvalue weighted by molar-refractivity contribution is 0.0924. The summed E-state index contributed by atoms with van der Waals surface area (Å²) in [6.07, 6.45) is 5.53. The summed E-state index contributed by atoms with van der Waals surface area (Å²) in [7, 11) is 1.42. The second-order valence-corrected chi connectivity index (χ2v) is 9.92. The Bertz CT molecular complexity index is 1330. The smallest absolute Gasteiger partial charge is 0.404 e. The number of H-pyrrole nitrogens is 1. The number of amides is 2. The van der Waals surface area contributed by atoms with Gasteiger partial charge in [-0.3, -0.25) is 9.78 Å². The van der Waals surface area contributed by atoms with Crippen molar-refractivity contribution in [1.82, 2.24) is 20.6 Å². The molecule has 2 amide bonds. The number of aromatic amines is 1. The second-order valence-electron chi connectivity index (χ2n) is 9.92. The van der Waals surface area contributed by atoms with Crippen LogP contribution in [0.3, 0.4) is 0 Å². The van der Waals surface area contributed by atoms with Crippen LogP contribution < -0.4 is 20.1 Å². The maximum atomic E-state index is 14.8. The van der Waals surface area contributed by atoms with E-state index in [1.54, 1.807) is 18.3 Å². The zero-order valence-electron chi connectivity index (χ0n) is 20.9. The topological polar surface area (TPSA) is 126 Å². The van der Waals surface area contributed by atoms with Gasteiger partial charge in [0.15, 0.2) is 11.6 Å². The Hall–Kier alpha value is -3.82. The highest BCUT2D eigenvalue weighted by molar-refractivity contribution is 6.09. The number of hydrogen-bond donors (Lipinski definition) is 4. The number of nitrogens with zero attached hydrogens (tertiary/aromatic N) is 1. The minimum atomic E-state index is -1.03. The molecule has 0 bridgehead atoms. The van der Waals surface area contributed by atoms with Gasteiger partial charge in [0.05, 0.1) is 24.8 Å². The predicted molar refractivity (Wildman–Crippen MR) is 136 cm³/mol. The first-order valence-electron chi connectivity index (χ1n) is 12.6. The van der Waals surface area contributed by atoms with Crippen LogP contribution in [0.4, 0.5) is 9.18 Å². The average molecular weight is 511 g/mol. The zero-order chi connectivity index (χ0) is 26.1. The van der Waals surface area contributed by atoms with Crippen molar-refractivity contribution in [3.63, 3.8) is 0 Å². The lowest BCUT2D eigenvalue weighted by Gasteiger charge is -2.28. The van der Waals surface area contributed by atoms with E-state index in [0.29, 0.717) is 77.4 Å². The fourth-order valence-corrected chi connectivity index (χ4v) is 5.04. The number of fused-ring (bicyclic) bond motifs is 1. The van der Waals surface area contributed by atoms with Crippen LogP contribution in [-0.4, -0.2) is 52.9 Å². The third-order valence-corrected chi connectivity index (χ3v) is 7.21. The summed E-state index contributed by atoms with van der Waals surface area (Å²) >= 11 is 0. The summed E-state index contributed by atoms with van der Waals surface area (Å²) in [5.41, 5.74) is 3.46. The summed E-state index contributed by atoms with van der Waals surface area (Å²) < 4.78 is 26.0. The first kappa shape index (κ1) is 24.9. The highest BCUT2D eigenvalue weighted by Gasteiger charge is 2.27. The van der Waals surface area contributed by atoms with Crippen LogP contribution in [0.2, 0.25) is 0 Å². The van der Waals surface area contributed by atoms with E-state index >= 15 is 0 Å². The predicted octanol–water partition coefficient (Wildman–Crippen LogP) is 4.78. The van der Waals surface area contributed by atoms with Crippen molar-refractivity contribution in [3.8, 4) is 22.6 Å². The van der Waals surface area contributed by atoms with E-state index in [-0.39, 0.29) is 23.7 Å². The third-order valence-electron chi connectivity index (χ3n) is 7.21. The zero-order valence-corrected chi connectivity index (χ0v) is 20.9. The van der Waals surface area contributed by atoms with Gasteiger partial charge in [0.25, 0.3) is 5.91 Å². The Morgan fingerprint density at radius 2 is 1.78 bits per heavy atom. The minimum absolute atomic E-state index is 0.0509. The normalized spacial score (nSPS) is 19.4. The van der Waals surface area contributed by atoms with Crippen molar-refractivity contribution in [2.75, 3.05) is 13.7 Å². The van der Waals surface area contributed by atoms with Crippen LogP contribution in [0, 0.1) is 18.7 Å². The van der Waals surface area contributed by atoms with Crippen LogP contribution in [0.5, 0.6) is 11.5 Å². The number of carbonyl (C=O) groups is 2. The summed E-state index contributed by atoms with van der Waals surface area (Å²) in [4.78, 5) is 32.0. The van der Waals surface area contributed by atoms with Crippen molar-refractivity contribution >= 4 is 23.0 Å². The first-order chi connectivity index (χ1) is 17.8. The number of pyridine rings is 1. The molecule has 1 aromatic carbocycles. The molecule has 2 fully saturated rings. The van der Waals surface area contributed by atoms with Crippen LogP contribution >= 0.6 is 0 Å². The molecular weight excluding hydrogens is 479 g/mol. The van der Waals surface area contributed by atoms with Gasteiger partial charge in [-0.2, -0.15) is 0 Å². The molecule has 37 heavy (non-hydrogen) atoms. The molecule has 0 atom stereocenters. The van der Waals surface area contributed by atoms with Crippen molar-refractivity contribution in [3.05, 3.63) is 41.5 Å². The summed E-state index contributed by atoms with van der Waals surface area (Å²) in [5.74, 6) is 0.391. The molecule has 4 N–H and O–H groups in total. The van der Waals surface area contributed by atoms with Crippen molar-refractivity contribution in [2.24, 2.45) is 5.92 Å². The summed E-state index contributed by atoms with van der Waals surface area (Å²) in [6.45, 7) is 2.37. The Kier molecular flexibility index (Phi) is 6.90. The largest absolute Gasteiger partial charge is 0.494 e. The van der Waals surface area contributed by atoms with Gasteiger partial charge in [-0.1, -0.05) is 0 Å². The number of rotatable bonds is 8.